The Morgan fingerprint density at radius 1 is 1.12 bits per heavy atom. The summed E-state index contributed by atoms with van der Waals surface area (Å²) >= 11 is 0. The molecule has 2 aliphatic rings. The molecule has 2 atom stereocenters. The maximum Gasteiger partial charge on any atom is 0.416 e. The maximum absolute atomic E-state index is 14.7. The summed E-state index contributed by atoms with van der Waals surface area (Å²) in [6.45, 7) is 2.97. The zero-order chi connectivity index (χ0) is 24.5. The van der Waals surface area contributed by atoms with E-state index >= 15 is 0 Å². The number of halogens is 4. The van der Waals surface area contributed by atoms with E-state index in [0.29, 0.717) is 43.2 Å². The van der Waals surface area contributed by atoms with Gasteiger partial charge in [0.2, 0.25) is 5.91 Å². The number of nitrogens with one attached hydrogen (secondary N) is 2. The Bertz CT molecular complexity index is 1070. The lowest BCUT2D eigenvalue weighted by Crippen LogP contribution is -2.47. The number of nitrogens with zero attached hydrogens (tertiary/aromatic N) is 1. The van der Waals surface area contributed by atoms with Gasteiger partial charge in [-0.1, -0.05) is 18.2 Å². The summed E-state index contributed by atoms with van der Waals surface area (Å²) in [5, 5.41) is 6.00. The van der Waals surface area contributed by atoms with Crippen molar-refractivity contribution in [2.75, 3.05) is 18.4 Å². The van der Waals surface area contributed by atoms with Crippen LogP contribution in [0.3, 0.4) is 0 Å². The van der Waals surface area contributed by atoms with Crippen LogP contribution in [0.25, 0.3) is 0 Å². The number of amides is 2. The highest BCUT2D eigenvalue weighted by Gasteiger charge is 2.40. The van der Waals surface area contributed by atoms with E-state index < -0.39 is 35.5 Å². The fraction of sp³-hybridized carbons (Fsp3) is 0.440. The van der Waals surface area contributed by atoms with E-state index in [0.717, 1.165) is 25.0 Å². The number of carbonyl (C=O) groups is 2. The van der Waals surface area contributed by atoms with E-state index in [9.17, 15) is 27.2 Å². The van der Waals surface area contributed by atoms with E-state index in [-0.39, 0.29) is 17.4 Å². The fourth-order valence-corrected chi connectivity index (χ4v) is 4.54. The number of carbonyl (C=O) groups excluding carboxylic acids is 2. The lowest BCUT2D eigenvalue weighted by Gasteiger charge is -2.28. The molecule has 5 nitrogen and oxygen atoms in total. The Morgan fingerprint density at radius 2 is 1.85 bits per heavy atom. The van der Waals surface area contributed by atoms with Crippen molar-refractivity contribution in [2.45, 2.75) is 50.9 Å². The fourth-order valence-electron chi connectivity index (χ4n) is 4.54. The summed E-state index contributed by atoms with van der Waals surface area (Å²) in [6, 6.07) is 8.05. The molecule has 2 fully saturated rings. The zero-order valence-electron chi connectivity index (χ0n) is 18.8. The SMILES string of the molecule is CCNc1ccccc1C(=O)N1CCC[C@@H]1C(=O)N[C@@H](c1ccc(C(F)(F)F)cc1F)C1CC1. The molecule has 1 saturated heterocycles. The summed E-state index contributed by atoms with van der Waals surface area (Å²) in [5.41, 5.74) is 0.124. The van der Waals surface area contributed by atoms with Crippen LogP contribution in [0, 0.1) is 11.7 Å². The molecule has 34 heavy (non-hydrogen) atoms. The molecule has 1 aliphatic carbocycles. The average molecular weight is 478 g/mol. The van der Waals surface area contributed by atoms with Crippen molar-refractivity contribution in [1.29, 1.82) is 0 Å². The van der Waals surface area contributed by atoms with Crippen molar-refractivity contribution in [3.63, 3.8) is 0 Å². The largest absolute Gasteiger partial charge is 0.416 e. The van der Waals surface area contributed by atoms with Crippen LogP contribution in [0.2, 0.25) is 0 Å². The molecule has 1 saturated carbocycles. The lowest BCUT2D eigenvalue weighted by atomic mass is 9.99. The highest BCUT2D eigenvalue weighted by atomic mass is 19.4. The van der Waals surface area contributed by atoms with Crippen molar-refractivity contribution in [3.05, 3.63) is 65.0 Å². The van der Waals surface area contributed by atoms with Gasteiger partial charge in [-0.2, -0.15) is 13.2 Å². The number of alkyl halides is 3. The highest BCUT2D eigenvalue weighted by Crippen LogP contribution is 2.43. The van der Waals surface area contributed by atoms with E-state index in [4.69, 9.17) is 0 Å². The van der Waals surface area contributed by atoms with Crippen LogP contribution in [-0.4, -0.2) is 35.8 Å². The van der Waals surface area contributed by atoms with Gasteiger partial charge in [-0.25, -0.2) is 4.39 Å². The molecule has 2 aromatic carbocycles. The van der Waals surface area contributed by atoms with Gasteiger partial charge >= 0.3 is 6.18 Å². The molecule has 9 heteroatoms. The molecule has 2 N–H and O–H groups in total. The number of benzene rings is 2. The summed E-state index contributed by atoms with van der Waals surface area (Å²) in [6.07, 6.45) is -2.04. The van der Waals surface area contributed by atoms with Gasteiger partial charge in [-0.3, -0.25) is 9.59 Å². The van der Waals surface area contributed by atoms with Gasteiger partial charge in [0, 0.05) is 24.3 Å². The second-order valence-electron chi connectivity index (χ2n) is 8.79. The Hall–Kier alpha value is -3.10. The van der Waals surface area contributed by atoms with Gasteiger partial charge in [-0.15, -0.1) is 0 Å². The number of para-hydroxylation sites is 1. The molecule has 0 unspecified atom stereocenters. The quantitative estimate of drug-likeness (QED) is 0.543. The molecule has 0 radical (unpaired) electrons. The molecular formula is C25H27F4N3O2. The molecule has 4 rings (SSSR count). The first kappa shape index (κ1) is 24.0. The van der Waals surface area contributed by atoms with Gasteiger partial charge in [0.15, 0.2) is 0 Å². The zero-order valence-corrected chi connectivity index (χ0v) is 18.8. The molecule has 182 valence electrons. The molecule has 1 aliphatic heterocycles. The van der Waals surface area contributed by atoms with Gasteiger partial charge in [0.25, 0.3) is 5.91 Å². The smallest absolute Gasteiger partial charge is 0.385 e. The van der Waals surface area contributed by atoms with E-state index in [1.54, 1.807) is 18.2 Å². The van der Waals surface area contributed by atoms with Gasteiger partial charge < -0.3 is 15.5 Å². The first-order chi connectivity index (χ1) is 16.2. The first-order valence-corrected chi connectivity index (χ1v) is 11.5. The second-order valence-corrected chi connectivity index (χ2v) is 8.79. The Morgan fingerprint density at radius 3 is 2.50 bits per heavy atom. The van der Waals surface area contributed by atoms with E-state index in [1.807, 2.05) is 13.0 Å². The third kappa shape index (κ3) is 5.03. The average Bonchev–Trinajstić information content (AvgIpc) is 3.52. The maximum atomic E-state index is 14.7. The topological polar surface area (TPSA) is 61.4 Å². The Balaban J connectivity index is 1.53. The second kappa shape index (κ2) is 9.64. The van der Waals surface area contributed by atoms with Crippen LogP contribution >= 0.6 is 0 Å². The molecule has 2 aromatic rings. The summed E-state index contributed by atoms with van der Waals surface area (Å²) in [7, 11) is 0. The number of hydrogen-bond acceptors (Lipinski definition) is 3. The minimum absolute atomic E-state index is 0.0391. The minimum Gasteiger partial charge on any atom is -0.385 e. The van der Waals surface area contributed by atoms with Crippen molar-refractivity contribution < 1.29 is 27.2 Å². The van der Waals surface area contributed by atoms with E-state index in [2.05, 4.69) is 10.6 Å². The van der Waals surface area contributed by atoms with Crippen LogP contribution < -0.4 is 10.6 Å². The Labute approximate surface area is 195 Å². The monoisotopic (exact) mass is 477 g/mol. The van der Waals surface area contributed by atoms with Crippen molar-refractivity contribution >= 4 is 17.5 Å². The summed E-state index contributed by atoms with van der Waals surface area (Å²) in [5.74, 6) is -1.72. The van der Waals surface area contributed by atoms with Gasteiger partial charge in [0.05, 0.1) is 17.2 Å². The molecular weight excluding hydrogens is 450 g/mol. The summed E-state index contributed by atoms with van der Waals surface area (Å²) < 4.78 is 53.5. The highest BCUT2D eigenvalue weighted by molar-refractivity contribution is 6.02. The molecule has 0 spiro atoms. The molecule has 0 bridgehead atoms. The van der Waals surface area contributed by atoms with Crippen LogP contribution in [0.15, 0.2) is 42.5 Å². The predicted molar refractivity (Wildman–Crippen MR) is 120 cm³/mol. The normalized spacial score (nSPS) is 19.1. The minimum atomic E-state index is -4.65. The summed E-state index contributed by atoms with van der Waals surface area (Å²) in [4.78, 5) is 28.0. The van der Waals surface area contributed by atoms with Crippen LogP contribution in [0.4, 0.5) is 23.2 Å². The third-order valence-corrected chi connectivity index (χ3v) is 6.40. The van der Waals surface area contributed by atoms with Crippen LogP contribution in [0.5, 0.6) is 0 Å². The number of anilines is 1. The van der Waals surface area contributed by atoms with Crippen molar-refractivity contribution in [1.82, 2.24) is 10.2 Å². The third-order valence-electron chi connectivity index (χ3n) is 6.40. The standard InChI is InChI=1S/C25H27F4N3O2/c1-2-30-20-7-4-3-6-18(20)24(34)32-13-5-8-21(32)23(33)31-22(15-9-10-15)17-12-11-16(14-19(17)26)25(27,28)29/h3-4,6-7,11-12,14-15,21-22,30H,2,5,8-10,13H2,1H3,(H,31,33)/t21-,22-/m1/s1. The number of rotatable bonds is 7. The van der Waals surface area contributed by atoms with Crippen LogP contribution in [-0.2, 0) is 11.0 Å². The van der Waals surface area contributed by atoms with Gasteiger partial charge in [0.1, 0.15) is 11.9 Å². The van der Waals surface area contributed by atoms with Crippen molar-refractivity contribution in [3.8, 4) is 0 Å². The predicted octanol–water partition coefficient (Wildman–Crippen LogP) is 5.15. The molecule has 2 amide bonds. The number of hydrogen-bond donors (Lipinski definition) is 2. The molecule has 1 heterocycles. The van der Waals surface area contributed by atoms with E-state index in [1.165, 1.54) is 4.90 Å². The lowest BCUT2D eigenvalue weighted by molar-refractivity contribution is -0.137. The van der Waals surface area contributed by atoms with Crippen molar-refractivity contribution in [2.24, 2.45) is 5.92 Å². The van der Waals surface area contributed by atoms with Gasteiger partial charge in [-0.05, 0) is 62.8 Å². The van der Waals surface area contributed by atoms with Crippen LogP contribution in [0.1, 0.15) is 60.1 Å². The number of likely N-dealkylation sites (tertiary alicyclic amines) is 1. The first-order valence-electron chi connectivity index (χ1n) is 11.5. The Kier molecular flexibility index (Phi) is 6.81. The molecule has 0 aromatic heterocycles.